The van der Waals surface area contributed by atoms with Gasteiger partial charge < -0.3 is 5.73 Å². The maximum atomic E-state index is 11.1. The monoisotopic (exact) mass is 319 g/mol. The molecule has 1 aromatic rings. The third-order valence-electron chi connectivity index (χ3n) is 2.70. The normalized spacial score (nSPS) is 13.6. The van der Waals surface area contributed by atoms with Crippen molar-refractivity contribution >= 4 is 25.8 Å². The molecule has 0 aliphatic carbocycles. The molecule has 0 bridgehead atoms. The molecule has 17 heavy (non-hydrogen) atoms. The molecular weight excluding hydrogens is 302 g/mol. The third-order valence-corrected chi connectivity index (χ3v) is 4.45. The number of nitrogens with two attached hydrogens (primary N) is 1. The van der Waals surface area contributed by atoms with Gasteiger partial charge in [0.05, 0.1) is 5.75 Å². The summed E-state index contributed by atoms with van der Waals surface area (Å²) in [5, 5.41) is 0. The number of rotatable bonds is 6. The largest absolute Gasteiger partial charge is 0.330 e. The Morgan fingerprint density at radius 3 is 2.53 bits per heavy atom. The fraction of sp³-hybridized carbons (Fsp3) is 0.500. The Hall–Kier alpha value is -0.390. The third kappa shape index (κ3) is 5.66. The molecule has 2 N–H and O–H groups in total. The Labute approximate surface area is 111 Å². The van der Waals surface area contributed by atoms with E-state index in [1.807, 2.05) is 24.3 Å². The summed E-state index contributed by atoms with van der Waals surface area (Å²) < 4.78 is 23.3. The Morgan fingerprint density at radius 2 is 2.00 bits per heavy atom. The summed E-state index contributed by atoms with van der Waals surface area (Å²) >= 11 is 3.49. The van der Waals surface area contributed by atoms with Gasteiger partial charge in [0.25, 0.3) is 0 Å². The minimum atomic E-state index is -2.90. The van der Waals surface area contributed by atoms with E-state index >= 15 is 0 Å². The van der Waals surface area contributed by atoms with Crippen molar-refractivity contribution in [3.05, 3.63) is 34.3 Å². The maximum Gasteiger partial charge on any atom is 0.147 e. The van der Waals surface area contributed by atoms with Crippen LogP contribution in [0.15, 0.2) is 28.7 Å². The molecule has 1 atom stereocenters. The van der Waals surface area contributed by atoms with Gasteiger partial charge in [0.1, 0.15) is 9.84 Å². The van der Waals surface area contributed by atoms with E-state index < -0.39 is 9.84 Å². The van der Waals surface area contributed by atoms with E-state index in [1.165, 1.54) is 11.8 Å². The highest BCUT2D eigenvalue weighted by atomic mass is 79.9. The van der Waals surface area contributed by atoms with Gasteiger partial charge in [-0.25, -0.2) is 8.42 Å². The van der Waals surface area contributed by atoms with Gasteiger partial charge in [0, 0.05) is 10.7 Å². The highest BCUT2D eigenvalue weighted by Gasteiger charge is 2.12. The van der Waals surface area contributed by atoms with Crippen LogP contribution in [0.25, 0.3) is 0 Å². The van der Waals surface area contributed by atoms with E-state index in [2.05, 4.69) is 15.9 Å². The smallest absolute Gasteiger partial charge is 0.147 e. The molecule has 0 saturated carbocycles. The molecule has 0 spiro atoms. The number of sulfone groups is 1. The van der Waals surface area contributed by atoms with Crippen molar-refractivity contribution in [3.8, 4) is 0 Å². The lowest BCUT2D eigenvalue weighted by molar-refractivity contribution is 0.512. The predicted molar refractivity (Wildman–Crippen MR) is 74.7 cm³/mol. The predicted octanol–water partition coefficient (Wildman–Crippen LogP) is 2.00. The van der Waals surface area contributed by atoms with E-state index in [0.29, 0.717) is 13.0 Å². The van der Waals surface area contributed by atoms with Crippen molar-refractivity contribution in [2.24, 2.45) is 11.7 Å². The SMILES string of the molecule is CS(=O)(=O)CCC(CN)Cc1ccccc1Br. The first-order chi connectivity index (χ1) is 7.92. The Morgan fingerprint density at radius 1 is 1.35 bits per heavy atom. The molecule has 0 radical (unpaired) electrons. The maximum absolute atomic E-state index is 11.1. The number of hydrogen-bond donors (Lipinski definition) is 1. The average molecular weight is 320 g/mol. The first kappa shape index (κ1) is 14.7. The van der Waals surface area contributed by atoms with Crippen LogP contribution in [0.2, 0.25) is 0 Å². The van der Waals surface area contributed by atoms with Crippen LogP contribution in [0, 0.1) is 5.92 Å². The van der Waals surface area contributed by atoms with Crippen molar-refractivity contribution < 1.29 is 8.42 Å². The van der Waals surface area contributed by atoms with Crippen molar-refractivity contribution in [3.63, 3.8) is 0 Å². The zero-order valence-electron chi connectivity index (χ0n) is 9.90. The molecule has 0 saturated heterocycles. The molecule has 0 aromatic heterocycles. The van der Waals surface area contributed by atoms with Gasteiger partial charge in [-0.3, -0.25) is 0 Å². The molecule has 3 nitrogen and oxygen atoms in total. The van der Waals surface area contributed by atoms with Gasteiger partial charge in [-0.1, -0.05) is 34.1 Å². The first-order valence-electron chi connectivity index (χ1n) is 5.53. The zero-order valence-corrected chi connectivity index (χ0v) is 12.3. The summed E-state index contributed by atoms with van der Waals surface area (Å²) in [5.41, 5.74) is 6.87. The average Bonchev–Trinajstić information content (AvgIpc) is 2.25. The van der Waals surface area contributed by atoms with Gasteiger partial charge in [-0.05, 0) is 36.9 Å². The molecule has 0 aliphatic rings. The van der Waals surface area contributed by atoms with Crippen molar-refractivity contribution in [1.29, 1.82) is 0 Å². The van der Waals surface area contributed by atoms with Crippen LogP contribution in [0.1, 0.15) is 12.0 Å². The van der Waals surface area contributed by atoms with Crippen LogP contribution >= 0.6 is 15.9 Å². The van der Waals surface area contributed by atoms with Crippen molar-refractivity contribution in [1.82, 2.24) is 0 Å². The summed E-state index contributed by atoms with van der Waals surface area (Å²) in [6.45, 7) is 0.511. The van der Waals surface area contributed by atoms with Crippen LogP contribution < -0.4 is 5.73 Å². The summed E-state index contributed by atoms with van der Waals surface area (Å²) in [7, 11) is -2.90. The minimum absolute atomic E-state index is 0.208. The lowest BCUT2D eigenvalue weighted by Gasteiger charge is -2.15. The number of hydrogen-bond acceptors (Lipinski definition) is 3. The lowest BCUT2D eigenvalue weighted by Crippen LogP contribution is -2.20. The Balaban J connectivity index is 2.61. The minimum Gasteiger partial charge on any atom is -0.330 e. The molecule has 0 fully saturated rings. The molecular formula is C12H18BrNO2S. The molecule has 1 aromatic carbocycles. The lowest BCUT2D eigenvalue weighted by atomic mass is 9.97. The van der Waals surface area contributed by atoms with Gasteiger partial charge in [-0.15, -0.1) is 0 Å². The van der Waals surface area contributed by atoms with Crippen LogP contribution in [-0.2, 0) is 16.3 Å². The number of benzene rings is 1. The second kappa shape index (κ2) is 6.52. The molecule has 1 rings (SSSR count). The number of halogens is 1. The van der Waals surface area contributed by atoms with E-state index in [-0.39, 0.29) is 11.7 Å². The Kier molecular flexibility index (Phi) is 5.62. The molecule has 0 amide bonds. The molecule has 0 aliphatic heterocycles. The summed E-state index contributed by atoms with van der Waals surface area (Å²) in [6.07, 6.45) is 2.70. The fourth-order valence-electron chi connectivity index (χ4n) is 1.66. The molecule has 96 valence electrons. The quantitative estimate of drug-likeness (QED) is 0.872. The second-order valence-electron chi connectivity index (χ2n) is 4.32. The van der Waals surface area contributed by atoms with Crippen molar-refractivity contribution in [2.45, 2.75) is 12.8 Å². The Bertz CT molecular complexity index is 459. The van der Waals surface area contributed by atoms with Gasteiger partial charge in [-0.2, -0.15) is 0 Å². The molecule has 1 unspecified atom stereocenters. The van der Waals surface area contributed by atoms with Gasteiger partial charge in [0.15, 0.2) is 0 Å². The molecule has 0 heterocycles. The first-order valence-corrected chi connectivity index (χ1v) is 8.39. The standard InChI is InChI=1S/C12H18BrNO2S/c1-17(15,16)7-6-10(9-14)8-11-4-2-3-5-12(11)13/h2-5,10H,6-9,14H2,1H3. The van der Waals surface area contributed by atoms with E-state index in [4.69, 9.17) is 5.73 Å². The van der Waals surface area contributed by atoms with E-state index in [0.717, 1.165) is 10.9 Å². The van der Waals surface area contributed by atoms with E-state index in [1.54, 1.807) is 0 Å². The fourth-order valence-corrected chi connectivity index (χ4v) is 2.87. The summed E-state index contributed by atoms with van der Waals surface area (Å²) in [5.74, 6) is 0.419. The van der Waals surface area contributed by atoms with Crippen LogP contribution in [0.5, 0.6) is 0 Å². The van der Waals surface area contributed by atoms with Gasteiger partial charge >= 0.3 is 0 Å². The highest BCUT2D eigenvalue weighted by molar-refractivity contribution is 9.10. The summed E-state index contributed by atoms with van der Waals surface area (Å²) in [4.78, 5) is 0. The molecule has 5 heteroatoms. The van der Waals surface area contributed by atoms with Crippen LogP contribution in [0.3, 0.4) is 0 Å². The summed E-state index contributed by atoms with van der Waals surface area (Å²) in [6, 6.07) is 7.96. The second-order valence-corrected chi connectivity index (χ2v) is 7.43. The van der Waals surface area contributed by atoms with Crippen molar-refractivity contribution in [2.75, 3.05) is 18.6 Å². The van der Waals surface area contributed by atoms with Crippen LogP contribution in [0.4, 0.5) is 0 Å². The van der Waals surface area contributed by atoms with Crippen LogP contribution in [-0.4, -0.2) is 27.0 Å². The zero-order chi connectivity index (χ0) is 12.9. The topological polar surface area (TPSA) is 60.2 Å². The van der Waals surface area contributed by atoms with Gasteiger partial charge in [0.2, 0.25) is 0 Å². The van der Waals surface area contributed by atoms with E-state index in [9.17, 15) is 8.42 Å². The highest BCUT2D eigenvalue weighted by Crippen LogP contribution is 2.20.